The van der Waals surface area contributed by atoms with Crippen LogP contribution in [0.2, 0.25) is 0 Å². The number of ketones is 2. The van der Waals surface area contributed by atoms with Crippen LogP contribution in [0.25, 0.3) is 0 Å². The summed E-state index contributed by atoms with van der Waals surface area (Å²) in [5.74, 6) is 0.756. The predicted molar refractivity (Wildman–Crippen MR) is 143 cm³/mol. The average molecular weight is 484 g/mol. The van der Waals surface area contributed by atoms with Crippen LogP contribution in [0.3, 0.4) is 0 Å². The van der Waals surface area contributed by atoms with Crippen LogP contribution >= 0.6 is 0 Å². The van der Waals surface area contributed by atoms with E-state index in [1.54, 1.807) is 7.11 Å². The summed E-state index contributed by atoms with van der Waals surface area (Å²) in [4.78, 5) is 30.1. The molecule has 1 heterocycles. The molecule has 2 aromatic carbocycles. The molecule has 0 saturated heterocycles. The van der Waals surface area contributed by atoms with Crippen molar-refractivity contribution in [3.05, 3.63) is 88.3 Å². The van der Waals surface area contributed by atoms with Gasteiger partial charge >= 0.3 is 0 Å². The van der Waals surface area contributed by atoms with Crippen molar-refractivity contribution in [2.45, 2.75) is 65.7 Å². The number of hydrogen-bond acceptors (Lipinski definition) is 4. The number of nitrogens with zero attached hydrogens (tertiary/aromatic N) is 1. The summed E-state index contributed by atoms with van der Waals surface area (Å²) < 4.78 is 5.53. The Labute approximate surface area is 215 Å². The zero-order valence-corrected chi connectivity index (χ0v) is 22.2. The molecule has 0 atom stereocenters. The summed E-state index contributed by atoms with van der Waals surface area (Å²) in [5.41, 5.74) is 5.87. The molecule has 0 unspecified atom stereocenters. The van der Waals surface area contributed by atoms with E-state index in [0.717, 1.165) is 59.7 Å². The zero-order chi connectivity index (χ0) is 25.7. The van der Waals surface area contributed by atoms with Gasteiger partial charge in [0.05, 0.1) is 7.11 Å². The van der Waals surface area contributed by atoms with Gasteiger partial charge in [-0.05, 0) is 53.4 Å². The second kappa shape index (κ2) is 9.06. The Balaban J connectivity index is 1.70. The molecular weight excluding hydrogens is 446 g/mol. The smallest absolute Gasteiger partial charge is 0.162 e. The van der Waals surface area contributed by atoms with Crippen molar-refractivity contribution in [1.82, 2.24) is 4.90 Å². The maximum Gasteiger partial charge on any atom is 0.162 e. The van der Waals surface area contributed by atoms with Gasteiger partial charge in [-0.15, -0.1) is 0 Å². The van der Waals surface area contributed by atoms with E-state index in [1.807, 2.05) is 30.3 Å². The summed E-state index contributed by atoms with van der Waals surface area (Å²) in [6.07, 6.45) is 3.52. The fourth-order valence-corrected chi connectivity index (χ4v) is 6.36. The van der Waals surface area contributed by atoms with Crippen LogP contribution in [-0.2, 0) is 16.0 Å². The third-order valence-corrected chi connectivity index (χ3v) is 7.92. The van der Waals surface area contributed by atoms with Crippen molar-refractivity contribution >= 4 is 11.6 Å². The molecule has 0 N–H and O–H groups in total. The molecule has 4 heteroatoms. The Hall–Kier alpha value is -3.14. The van der Waals surface area contributed by atoms with Gasteiger partial charge in [0.25, 0.3) is 0 Å². The average Bonchev–Trinajstić information content (AvgIpc) is 2.81. The van der Waals surface area contributed by atoms with Crippen LogP contribution in [-0.4, -0.2) is 30.1 Å². The molecule has 3 aliphatic rings. The van der Waals surface area contributed by atoms with Crippen LogP contribution in [0.1, 0.15) is 70.4 Å². The predicted octanol–water partition coefficient (Wildman–Crippen LogP) is 6.62. The molecule has 5 rings (SSSR count). The standard InChI is InChI=1S/C32H37NO3/c1-31(2)17-24-29(26(34)19-31)28(22-12-9-13-23(16-22)36-5)30-25(18-32(3,4)20-27(30)35)33(24)15-14-21-10-7-6-8-11-21/h6-13,16,28H,14-15,17-20H2,1-5H3. The van der Waals surface area contributed by atoms with Gasteiger partial charge in [-0.1, -0.05) is 70.2 Å². The van der Waals surface area contributed by atoms with Gasteiger partial charge in [-0.25, -0.2) is 0 Å². The Morgan fingerprint density at radius 3 is 1.94 bits per heavy atom. The molecule has 36 heavy (non-hydrogen) atoms. The van der Waals surface area contributed by atoms with E-state index in [4.69, 9.17) is 4.74 Å². The Morgan fingerprint density at radius 1 is 0.806 bits per heavy atom. The summed E-state index contributed by atoms with van der Waals surface area (Å²) >= 11 is 0. The first-order chi connectivity index (χ1) is 17.1. The molecule has 0 spiro atoms. The normalized spacial score (nSPS) is 21.4. The lowest BCUT2D eigenvalue weighted by Crippen LogP contribution is -2.45. The molecule has 188 valence electrons. The highest BCUT2D eigenvalue weighted by atomic mass is 16.5. The third kappa shape index (κ3) is 4.54. The van der Waals surface area contributed by atoms with Crippen LogP contribution in [0.4, 0.5) is 0 Å². The van der Waals surface area contributed by atoms with Gasteiger partial charge in [0, 0.05) is 47.8 Å². The number of allylic oxidation sites excluding steroid dienone is 4. The third-order valence-electron chi connectivity index (χ3n) is 7.92. The molecule has 0 radical (unpaired) electrons. The van der Waals surface area contributed by atoms with Crippen molar-refractivity contribution in [3.8, 4) is 5.75 Å². The highest BCUT2D eigenvalue weighted by Crippen LogP contribution is 2.54. The number of methoxy groups -OCH3 is 1. The first-order valence-electron chi connectivity index (χ1n) is 13.1. The monoisotopic (exact) mass is 483 g/mol. The van der Waals surface area contributed by atoms with Gasteiger partial charge < -0.3 is 9.64 Å². The topological polar surface area (TPSA) is 46.6 Å². The number of carbonyl (C=O) groups is 2. The fourth-order valence-electron chi connectivity index (χ4n) is 6.36. The maximum absolute atomic E-state index is 13.9. The van der Waals surface area contributed by atoms with E-state index in [0.29, 0.717) is 12.8 Å². The van der Waals surface area contributed by atoms with Gasteiger partial charge in [0.1, 0.15) is 5.75 Å². The van der Waals surface area contributed by atoms with E-state index in [2.05, 4.69) is 56.9 Å². The van der Waals surface area contributed by atoms with Crippen LogP contribution in [0.5, 0.6) is 5.75 Å². The summed E-state index contributed by atoms with van der Waals surface area (Å²) in [6.45, 7) is 9.50. The maximum atomic E-state index is 13.9. The highest BCUT2D eigenvalue weighted by molar-refractivity contribution is 6.06. The van der Waals surface area contributed by atoms with Crippen LogP contribution in [0.15, 0.2) is 77.1 Å². The second-order valence-electron chi connectivity index (χ2n) is 12.2. The number of carbonyl (C=O) groups excluding carboxylic acids is 2. The lowest BCUT2D eigenvalue weighted by Gasteiger charge is -2.49. The van der Waals surface area contributed by atoms with Crippen molar-refractivity contribution in [2.24, 2.45) is 10.8 Å². The minimum atomic E-state index is -0.328. The lowest BCUT2D eigenvalue weighted by atomic mass is 9.63. The second-order valence-corrected chi connectivity index (χ2v) is 12.2. The van der Waals surface area contributed by atoms with Crippen LogP contribution < -0.4 is 4.74 Å². The van der Waals surface area contributed by atoms with Gasteiger partial charge in [-0.2, -0.15) is 0 Å². The van der Waals surface area contributed by atoms with E-state index in [9.17, 15) is 9.59 Å². The van der Waals surface area contributed by atoms with E-state index >= 15 is 0 Å². The van der Waals surface area contributed by atoms with E-state index in [1.165, 1.54) is 5.56 Å². The molecule has 2 aromatic rings. The molecular formula is C32H37NO3. The molecule has 0 bridgehead atoms. The first-order valence-corrected chi connectivity index (χ1v) is 13.1. The molecule has 0 amide bonds. The van der Waals surface area contributed by atoms with E-state index < -0.39 is 0 Å². The van der Waals surface area contributed by atoms with Crippen molar-refractivity contribution in [3.63, 3.8) is 0 Å². The number of Topliss-reactive ketones (excluding diaryl/α,β-unsaturated/α-hetero) is 2. The minimum absolute atomic E-state index is 0.119. The van der Waals surface area contributed by atoms with Crippen molar-refractivity contribution in [1.29, 1.82) is 0 Å². The van der Waals surface area contributed by atoms with Gasteiger partial charge in [-0.3, -0.25) is 9.59 Å². The molecule has 1 aliphatic heterocycles. The first kappa shape index (κ1) is 24.5. The molecule has 2 aliphatic carbocycles. The number of benzene rings is 2. The molecule has 0 saturated carbocycles. The minimum Gasteiger partial charge on any atom is -0.497 e. The van der Waals surface area contributed by atoms with Crippen molar-refractivity contribution in [2.75, 3.05) is 13.7 Å². The lowest BCUT2D eigenvalue weighted by molar-refractivity contribution is -0.119. The number of ether oxygens (including phenoxy) is 1. The molecule has 4 nitrogen and oxygen atoms in total. The van der Waals surface area contributed by atoms with Gasteiger partial charge in [0.2, 0.25) is 0 Å². The Bertz CT molecular complexity index is 1210. The molecule has 0 aromatic heterocycles. The SMILES string of the molecule is COc1cccc(C2C3=C(CC(C)(C)CC3=O)N(CCc3ccccc3)C3=C2C(=O)CC(C)(C)C3)c1. The number of hydrogen-bond donors (Lipinski definition) is 0. The zero-order valence-electron chi connectivity index (χ0n) is 22.2. The summed E-state index contributed by atoms with van der Waals surface area (Å²) in [5, 5.41) is 0. The van der Waals surface area contributed by atoms with Gasteiger partial charge in [0.15, 0.2) is 11.6 Å². The quantitative estimate of drug-likeness (QED) is 0.479. The Kier molecular flexibility index (Phi) is 6.18. The fraction of sp³-hybridized carbons (Fsp3) is 0.438. The summed E-state index contributed by atoms with van der Waals surface area (Å²) in [6, 6.07) is 18.4. The molecule has 0 fully saturated rings. The van der Waals surface area contributed by atoms with E-state index in [-0.39, 0.29) is 28.3 Å². The van der Waals surface area contributed by atoms with Crippen molar-refractivity contribution < 1.29 is 14.3 Å². The summed E-state index contributed by atoms with van der Waals surface area (Å²) in [7, 11) is 1.66. The highest BCUT2D eigenvalue weighted by Gasteiger charge is 2.48. The Morgan fingerprint density at radius 2 is 1.39 bits per heavy atom. The number of rotatable bonds is 5. The largest absolute Gasteiger partial charge is 0.497 e. The van der Waals surface area contributed by atoms with Crippen LogP contribution in [0, 0.1) is 10.8 Å².